The summed E-state index contributed by atoms with van der Waals surface area (Å²) in [5, 5.41) is 2.72. The molecule has 1 rings (SSSR count). The number of hydrogen-bond donors (Lipinski definition) is 1. The van der Waals surface area contributed by atoms with Crippen molar-refractivity contribution in [3.8, 4) is 0 Å². The van der Waals surface area contributed by atoms with Gasteiger partial charge < -0.3 is 5.32 Å². The highest BCUT2D eigenvalue weighted by Crippen LogP contribution is 2.21. The van der Waals surface area contributed by atoms with Gasteiger partial charge in [0.25, 0.3) is 0 Å². The molecule has 1 unspecified atom stereocenters. The Balaban J connectivity index is 2.40. The van der Waals surface area contributed by atoms with E-state index >= 15 is 0 Å². The highest BCUT2D eigenvalue weighted by Gasteiger charge is 2.29. The first-order valence-corrected chi connectivity index (χ1v) is 7.00. The summed E-state index contributed by atoms with van der Waals surface area (Å²) in [5.41, 5.74) is 0. The monoisotopic (exact) mass is 234 g/mol. The van der Waals surface area contributed by atoms with Crippen LogP contribution >= 0.6 is 0 Å². The van der Waals surface area contributed by atoms with Gasteiger partial charge in [0, 0.05) is 26.1 Å². The van der Waals surface area contributed by atoms with Crippen LogP contribution in [0, 0.1) is 5.92 Å². The fraction of sp³-hybridized carbons (Fsp3) is 0.889. The van der Waals surface area contributed by atoms with Gasteiger partial charge in [-0.1, -0.05) is 0 Å². The lowest BCUT2D eigenvalue weighted by atomic mass is 10.1. The Labute approximate surface area is 90.9 Å². The SMILES string of the molecule is CCNC(=O)CC1CCN(S(C)(=O)=O)C1. The predicted molar refractivity (Wildman–Crippen MR) is 57.8 cm³/mol. The summed E-state index contributed by atoms with van der Waals surface area (Å²) in [6.07, 6.45) is 2.42. The molecule has 1 aliphatic rings. The van der Waals surface area contributed by atoms with E-state index in [1.54, 1.807) is 0 Å². The van der Waals surface area contributed by atoms with Gasteiger partial charge in [-0.3, -0.25) is 4.79 Å². The Morgan fingerprint density at radius 3 is 2.67 bits per heavy atom. The lowest BCUT2D eigenvalue weighted by molar-refractivity contribution is -0.121. The molecule has 88 valence electrons. The van der Waals surface area contributed by atoms with Gasteiger partial charge in [0.15, 0.2) is 0 Å². The van der Waals surface area contributed by atoms with E-state index in [1.165, 1.54) is 10.6 Å². The third-order valence-corrected chi connectivity index (χ3v) is 3.84. The molecule has 5 nitrogen and oxygen atoms in total. The zero-order valence-corrected chi connectivity index (χ0v) is 10.0. The average molecular weight is 234 g/mol. The standard InChI is InChI=1S/C9H18N2O3S/c1-3-10-9(12)6-8-4-5-11(7-8)15(2,13)14/h8H,3-7H2,1-2H3,(H,10,12). The number of nitrogens with one attached hydrogen (secondary N) is 1. The van der Waals surface area contributed by atoms with Crippen molar-refractivity contribution in [3.63, 3.8) is 0 Å². The molecule has 0 spiro atoms. The highest BCUT2D eigenvalue weighted by molar-refractivity contribution is 7.88. The minimum atomic E-state index is -3.08. The van der Waals surface area contributed by atoms with Gasteiger partial charge in [0.1, 0.15) is 0 Å². The molecule has 0 aromatic carbocycles. The van der Waals surface area contributed by atoms with Gasteiger partial charge in [-0.2, -0.15) is 0 Å². The maximum absolute atomic E-state index is 11.3. The van der Waals surface area contributed by atoms with Crippen LogP contribution < -0.4 is 5.32 Å². The van der Waals surface area contributed by atoms with Gasteiger partial charge in [-0.15, -0.1) is 0 Å². The number of carbonyl (C=O) groups excluding carboxylic acids is 1. The maximum Gasteiger partial charge on any atom is 0.220 e. The van der Waals surface area contributed by atoms with Crippen LogP contribution in [0.25, 0.3) is 0 Å². The smallest absolute Gasteiger partial charge is 0.220 e. The molecule has 1 heterocycles. The Hall–Kier alpha value is -0.620. The van der Waals surface area contributed by atoms with Crippen molar-refractivity contribution < 1.29 is 13.2 Å². The van der Waals surface area contributed by atoms with Crippen LogP contribution in [0.3, 0.4) is 0 Å². The lowest BCUT2D eigenvalue weighted by Gasteiger charge is -2.12. The van der Waals surface area contributed by atoms with Gasteiger partial charge in [0.05, 0.1) is 6.26 Å². The van der Waals surface area contributed by atoms with Crippen LogP contribution in [0.2, 0.25) is 0 Å². The van der Waals surface area contributed by atoms with Crippen molar-refractivity contribution in [2.24, 2.45) is 5.92 Å². The van der Waals surface area contributed by atoms with Crippen LogP contribution in [0.5, 0.6) is 0 Å². The maximum atomic E-state index is 11.3. The Morgan fingerprint density at radius 1 is 1.53 bits per heavy atom. The van der Waals surface area contributed by atoms with Gasteiger partial charge in [0.2, 0.25) is 15.9 Å². The molecule has 1 N–H and O–H groups in total. The number of nitrogens with zero attached hydrogens (tertiary/aromatic N) is 1. The fourth-order valence-electron chi connectivity index (χ4n) is 1.80. The highest BCUT2D eigenvalue weighted by atomic mass is 32.2. The van der Waals surface area contributed by atoms with E-state index in [4.69, 9.17) is 0 Å². The molecule has 0 radical (unpaired) electrons. The molecule has 1 amide bonds. The summed E-state index contributed by atoms with van der Waals surface area (Å²) in [6, 6.07) is 0. The Bertz CT molecular complexity index is 326. The van der Waals surface area contributed by atoms with E-state index in [0.717, 1.165) is 6.42 Å². The van der Waals surface area contributed by atoms with E-state index in [1.807, 2.05) is 6.92 Å². The van der Waals surface area contributed by atoms with Gasteiger partial charge in [-0.25, -0.2) is 12.7 Å². The molecular weight excluding hydrogens is 216 g/mol. The summed E-state index contributed by atoms with van der Waals surface area (Å²) in [4.78, 5) is 11.3. The number of carbonyl (C=O) groups is 1. The van der Waals surface area contributed by atoms with E-state index in [2.05, 4.69) is 5.32 Å². The lowest BCUT2D eigenvalue weighted by Crippen LogP contribution is -2.29. The van der Waals surface area contributed by atoms with Crippen molar-refractivity contribution in [1.29, 1.82) is 0 Å². The van der Waals surface area contributed by atoms with Crippen LogP contribution in [0.15, 0.2) is 0 Å². The van der Waals surface area contributed by atoms with E-state index in [-0.39, 0.29) is 11.8 Å². The molecule has 0 bridgehead atoms. The third kappa shape index (κ3) is 3.79. The molecular formula is C9H18N2O3S. The van der Waals surface area contributed by atoms with Crippen molar-refractivity contribution in [1.82, 2.24) is 9.62 Å². The normalized spacial score (nSPS) is 22.9. The van der Waals surface area contributed by atoms with Crippen molar-refractivity contribution in [3.05, 3.63) is 0 Å². The molecule has 6 heteroatoms. The minimum absolute atomic E-state index is 0.0119. The van der Waals surface area contributed by atoms with Gasteiger partial charge in [-0.05, 0) is 19.3 Å². The van der Waals surface area contributed by atoms with Crippen molar-refractivity contribution in [2.45, 2.75) is 19.8 Å². The van der Waals surface area contributed by atoms with Gasteiger partial charge >= 0.3 is 0 Å². The van der Waals surface area contributed by atoms with Crippen molar-refractivity contribution >= 4 is 15.9 Å². The average Bonchev–Trinajstić information content (AvgIpc) is 2.52. The summed E-state index contributed by atoms with van der Waals surface area (Å²) < 4.78 is 23.9. The topological polar surface area (TPSA) is 66.5 Å². The molecule has 15 heavy (non-hydrogen) atoms. The quantitative estimate of drug-likeness (QED) is 0.732. The van der Waals surface area contributed by atoms with E-state index in [9.17, 15) is 13.2 Å². The summed E-state index contributed by atoms with van der Waals surface area (Å²) in [7, 11) is -3.08. The molecule has 1 aliphatic heterocycles. The predicted octanol–water partition coefficient (Wildman–Crippen LogP) is -0.206. The van der Waals surface area contributed by atoms with Crippen molar-refractivity contribution in [2.75, 3.05) is 25.9 Å². The Kier molecular flexibility index (Phi) is 4.10. The van der Waals surface area contributed by atoms with E-state index in [0.29, 0.717) is 26.1 Å². The Morgan fingerprint density at radius 2 is 2.20 bits per heavy atom. The summed E-state index contributed by atoms with van der Waals surface area (Å²) in [5.74, 6) is 0.184. The summed E-state index contributed by atoms with van der Waals surface area (Å²) >= 11 is 0. The molecule has 1 saturated heterocycles. The molecule has 1 fully saturated rings. The largest absolute Gasteiger partial charge is 0.356 e. The fourth-order valence-corrected chi connectivity index (χ4v) is 2.72. The van der Waals surface area contributed by atoms with E-state index < -0.39 is 10.0 Å². The zero-order chi connectivity index (χ0) is 11.5. The zero-order valence-electron chi connectivity index (χ0n) is 9.19. The first-order valence-electron chi connectivity index (χ1n) is 5.15. The van der Waals surface area contributed by atoms with Crippen LogP contribution in [0.1, 0.15) is 19.8 Å². The third-order valence-electron chi connectivity index (χ3n) is 2.57. The number of hydrogen-bond acceptors (Lipinski definition) is 3. The number of sulfonamides is 1. The molecule has 0 aromatic heterocycles. The molecule has 0 aliphatic carbocycles. The number of amides is 1. The van der Waals surface area contributed by atoms with Crippen LogP contribution in [0.4, 0.5) is 0 Å². The van der Waals surface area contributed by atoms with Crippen LogP contribution in [-0.2, 0) is 14.8 Å². The van der Waals surface area contributed by atoms with Crippen LogP contribution in [-0.4, -0.2) is 44.5 Å². The molecule has 0 saturated carbocycles. The first-order chi connectivity index (χ1) is 6.93. The molecule has 1 atom stereocenters. The first kappa shape index (κ1) is 12.4. The second-order valence-electron chi connectivity index (χ2n) is 3.93. The number of rotatable bonds is 4. The molecule has 0 aromatic rings. The minimum Gasteiger partial charge on any atom is -0.356 e. The second-order valence-corrected chi connectivity index (χ2v) is 5.92. The summed E-state index contributed by atoms with van der Waals surface area (Å²) in [6.45, 7) is 3.52. The second kappa shape index (κ2) is 4.94.